The maximum absolute atomic E-state index is 14.9. The summed E-state index contributed by atoms with van der Waals surface area (Å²) >= 11 is 0. The van der Waals surface area contributed by atoms with Crippen molar-refractivity contribution in [3.05, 3.63) is 60.7 Å². The molecule has 0 saturated carbocycles. The highest BCUT2D eigenvalue weighted by molar-refractivity contribution is 7.49. The first-order valence-corrected chi connectivity index (χ1v) is 31.0. The third-order valence-corrected chi connectivity index (χ3v) is 15.4. The lowest BCUT2D eigenvalue weighted by Crippen LogP contribution is -2.66. The summed E-state index contributed by atoms with van der Waals surface area (Å²) in [7, 11) is -4.79. The summed E-state index contributed by atoms with van der Waals surface area (Å²) in [6.07, 6.45) is 24.1. The molecule has 15 heteroatoms. The van der Waals surface area contributed by atoms with Gasteiger partial charge in [-0.3, -0.25) is 18.9 Å². The monoisotopic (exact) mass is 1070 g/mol. The SMILES string of the molecule is CCCCCCCCCCCCCC(CC(=O)O[C@H]1[C@H](OP(=O)(Oc2ccccc2)Oc2ccccc2)[C@@H](CO)OC(O)[C@@H]1NC(=O)CC(O)CCCCCCCCCCC)OC(=O)CCCCCCCCCCC. The Hall–Kier alpha value is -3.52. The van der Waals surface area contributed by atoms with Crippen LogP contribution in [-0.2, 0) is 37.7 Å². The Morgan fingerprint density at radius 3 is 1.45 bits per heavy atom. The zero-order valence-corrected chi connectivity index (χ0v) is 47.3. The van der Waals surface area contributed by atoms with Crippen molar-refractivity contribution in [3.63, 3.8) is 0 Å². The van der Waals surface area contributed by atoms with Crippen molar-refractivity contribution in [1.29, 1.82) is 0 Å². The molecule has 2 aromatic carbocycles. The third kappa shape index (κ3) is 30.3. The van der Waals surface area contributed by atoms with Crippen LogP contribution in [0.5, 0.6) is 11.5 Å². The van der Waals surface area contributed by atoms with Gasteiger partial charge < -0.3 is 43.9 Å². The van der Waals surface area contributed by atoms with Gasteiger partial charge in [-0.1, -0.05) is 231 Å². The quantitative estimate of drug-likeness (QED) is 0.0278. The van der Waals surface area contributed by atoms with Gasteiger partial charge in [0.15, 0.2) is 12.4 Å². The van der Waals surface area contributed by atoms with Crippen molar-refractivity contribution in [2.75, 3.05) is 6.61 Å². The second-order valence-corrected chi connectivity index (χ2v) is 22.3. The van der Waals surface area contributed by atoms with Gasteiger partial charge in [0.05, 0.1) is 25.6 Å². The summed E-state index contributed by atoms with van der Waals surface area (Å²) in [5.41, 5.74) is 0. The number of esters is 2. The van der Waals surface area contributed by atoms with Crippen LogP contribution in [0.2, 0.25) is 0 Å². The zero-order chi connectivity index (χ0) is 54.2. The van der Waals surface area contributed by atoms with Gasteiger partial charge in [0.2, 0.25) is 5.91 Å². The minimum atomic E-state index is -4.79. The Balaban J connectivity index is 1.83. The van der Waals surface area contributed by atoms with Gasteiger partial charge in [-0.05, 0) is 49.9 Å². The number of amides is 1. The molecular weight excluding hydrogens is 974 g/mol. The third-order valence-electron chi connectivity index (χ3n) is 14.0. The summed E-state index contributed by atoms with van der Waals surface area (Å²) < 4.78 is 50.9. The normalized spacial score (nSPS) is 18.5. The van der Waals surface area contributed by atoms with Gasteiger partial charge in [-0.2, -0.15) is 0 Å². The van der Waals surface area contributed by atoms with Crippen molar-refractivity contribution in [1.82, 2.24) is 5.32 Å². The molecule has 0 spiro atoms. The molecule has 0 radical (unpaired) electrons. The van der Waals surface area contributed by atoms with Crippen LogP contribution in [0.3, 0.4) is 0 Å². The Kier molecular flexibility index (Phi) is 36.4. The van der Waals surface area contributed by atoms with E-state index in [-0.39, 0.29) is 30.8 Å². The number of para-hydroxylation sites is 2. The summed E-state index contributed by atoms with van der Waals surface area (Å²) in [6.45, 7) is 5.83. The number of hydrogen-bond donors (Lipinski definition) is 4. The summed E-state index contributed by atoms with van der Waals surface area (Å²) in [4.78, 5) is 41.5. The average Bonchev–Trinajstić information content (AvgIpc) is 3.39. The lowest BCUT2D eigenvalue weighted by atomic mass is 9.96. The van der Waals surface area contributed by atoms with Gasteiger partial charge in [-0.15, -0.1) is 0 Å². The Labute approximate surface area is 452 Å². The summed E-state index contributed by atoms with van der Waals surface area (Å²) in [5.74, 6) is -1.69. The van der Waals surface area contributed by atoms with E-state index in [0.29, 0.717) is 25.7 Å². The molecule has 0 aliphatic carbocycles. The number of hydrogen-bond acceptors (Lipinski definition) is 13. The molecule has 3 unspecified atom stereocenters. The smallest absolute Gasteiger partial charge is 0.462 e. The van der Waals surface area contributed by atoms with Gasteiger partial charge in [0.25, 0.3) is 0 Å². The number of nitrogens with one attached hydrogen (secondary N) is 1. The molecular formula is C60H100NO13P. The second kappa shape index (κ2) is 41.6. The highest BCUT2D eigenvalue weighted by atomic mass is 31.2. The highest BCUT2D eigenvalue weighted by Crippen LogP contribution is 2.52. The van der Waals surface area contributed by atoms with Gasteiger partial charge in [0, 0.05) is 6.42 Å². The fraction of sp³-hybridized carbons (Fsp3) is 0.750. The van der Waals surface area contributed by atoms with Crippen LogP contribution >= 0.6 is 7.82 Å². The van der Waals surface area contributed by atoms with Crippen molar-refractivity contribution in [2.45, 2.75) is 282 Å². The molecule has 1 aliphatic rings. The molecule has 428 valence electrons. The van der Waals surface area contributed by atoms with Crippen LogP contribution in [0.1, 0.15) is 239 Å². The van der Waals surface area contributed by atoms with Crippen molar-refractivity contribution in [2.24, 2.45) is 0 Å². The van der Waals surface area contributed by atoms with Crippen LogP contribution in [-0.4, -0.2) is 82.6 Å². The molecule has 2 aromatic rings. The van der Waals surface area contributed by atoms with E-state index in [1.807, 2.05) is 0 Å². The number of carbonyl (C=O) groups is 3. The number of ether oxygens (including phenoxy) is 3. The van der Waals surface area contributed by atoms with Crippen LogP contribution in [0, 0.1) is 0 Å². The standard InChI is InChI=1S/C60H100NO13P/c1-4-7-10-13-16-19-20-23-25-28-33-44-52(69-55(65)45-38-29-26-22-18-15-12-9-6-3)47-56(66)71-59-57(61-54(64)46-49(63)39-32-27-24-21-17-14-11-8-5-2)60(67)70-53(48-62)58(59)74-75(68,72-50-40-34-30-35-41-50)73-51-42-36-31-37-43-51/h30-31,34-37,40-43,49,52-53,57-60,62-63,67H,4-29,32-33,38-39,44-48H2,1-3H3,(H,61,64)/t49?,52?,53-,57-,58-,59-,60?/m1/s1. The van der Waals surface area contributed by atoms with E-state index in [4.69, 9.17) is 27.8 Å². The van der Waals surface area contributed by atoms with Crippen LogP contribution < -0.4 is 14.4 Å². The number of aliphatic hydroxyl groups is 3. The van der Waals surface area contributed by atoms with Crippen LogP contribution in [0.25, 0.3) is 0 Å². The van der Waals surface area contributed by atoms with E-state index in [2.05, 4.69) is 26.1 Å². The molecule has 7 atom stereocenters. The van der Waals surface area contributed by atoms with Gasteiger partial charge in [0.1, 0.15) is 35.9 Å². The molecule has 1 saturated heterocycles. The highest BCUT2D eigenvalue weighted by Gasteiger charge is 2.53. The molecule has 1 heterocycles. The predicted octanol–water partition coefficient (Wildman–Crippen LogP) is 14.3. The first kappa shape index (κ1) is 65.8. The van der Waals surface area contributed by atoms with E-state index in [1.165, 1.54) is 109 Å². The predicted molar refractivity (Wildman–Crippen MR) is 296 cm³/mol. The van der Waals surface area contributed by atoms with Gasteiger partial charge >= 0.3 is 19.8 Å². The number of phosphoric ester groups is 1. The number of phosphoric acid groups is 1. The first-order chi connectivity index (χ1) is 36.5. The van der Waals surface area contributed by atoms with Crippen molar-refractivity contribution < 1.29 is 62.1 Å². The Morgan fingerprint density at radius 1 is 0.573 bits per heavy atom. The zero-order valence-electron chi connectivity index (χ0n) is 46.4. The molecule has 75 heavy (non-hydrogen) atoms. The van der Waals surface area contributed by atoms with Crippen molar-refractivity contribution >= 4 is 25.7 Å². The fourth-order valence-corrected chi connectivity index (χ4v) is 11.1. The minimum absolute atomic E-state index is 0.114. The molecule has 0 bridgehead atoms. The van der Waals surface area contributed by atoms with E-state index in [9.17, 15) is 34.3 Å². The number of rotatable bonds is 46. The second-order valence-electron chi connectivity index (χ2n) is 20.8. The Bertz CT molecular complexity index is 1740. The molecule has 1 amide bonds. The van der Waals surface area contributed by atoms with Crippen LogP contribution in [0.15, 0.2) is 60.7 Å². The lowest BCUT2D eigenvalue weighted by molar-refractivity contribution is -0.256. The van der Waals surface area contributed by atoms with Crippen molar-refractivity contribution in [3.8, 4) is 11.5 Å². The summed E-state index contributed by atoms with van der Waals surface area (Å²) in [6, 6.07) is 14.8. The van der Waals surface area contributed by atoms with E-state index >= 15 is 0 Å². The largest absolute Gasteiger partial charge is 0.588 e. The number of carbonyl (C=O) groups excluding carboxylic acids is 3. The molecule has 1 fully saturated rings. The molecule has 0 aromatic heterocycles. The first-order valence-electron chi connectivity index (χ1n) is 29.6. The van der Waals surface area contributed by atoms with E-state index in [1.54, 1.807) is 60.7 Å². The number of unbranched alkanes of at least 4 members (excludes halogenated alkanes) is 26. The minimum Gasteiger partial charge on any atom is -0.462 e. The Morgan fingerprint density at radius 2 is 1.00 bits per heavy atom. The van der Waals surface area contributed by atoms with E-state index in [0.717, 1.165) is 64.2 Å². The maximum Gasteiger partial charge on any atom is 0.588 e. The summed E-state index contributed by atoms with van der Waals surface area (Å²) in [5, 5.41) is 35.9. The molecule has 3 rings (SSSR count). The van der Waals surface area contributed by atoms with Gasteiger partial charge in [-0.25, -0.2) is 4.57 Å². The molecule has 1 aliphatic heterocycles. The number of benzene rings is 2. The number of aliphatic hydroxyl groups excluding tert-OH is 3. The molecule has 14 nitrogen and oxygen atoms in total. The topological polar surface area (TPSA) is 196 Å². The molecule has 4 N–H and O–H groups in total. The lowest BCUT2D eigenvalue weighted by Gasteiger charge is -2.44. The fourth-order valence-electron chi connectivity index (χ4n) is 9.62. The average molecular weight is 1070 g/mol. The van der Waals surface area contributed by atoms with Crippen LogP contribution in [0.4, 0.5) is 0 Å². The maximum atomic E-state index is 14.9. The van der Waals surface area contributed by atoms with E-state index < -0.39 is 75.1 Å².